The Balaban J connectivity index is 3.92. The first-order valence-corrected chi connectivity index (χ1v) is 10.3. The van der Waals surface area contributed by atoms with E-state index in [1.165, 1.54) is 38.8 Å². The van der Waals surface area contributed by atoms with Crippen LogP contribution < -0.4 is 0 Å². The molecule has 0 aromatic rings. The van der Waals surface area contributed by atoms with Crippen LogP contribution in [0.15, 0.2) is 0 Å². The zero-order valence-corrected chi connectivity index (χ0v) is 12.7. The summed E-state index contributed by atoms with van der Waals surface area (Å²) in [6.45, 7) is 11.9. The molecular weight excluding hydrogens is 231 g/mol. The van der Waals surface area contributed by atoms with Gasteiger partial charge in [0.25, 0.3) is 0 Å². The third-order valence-electron chi connectivity index (χ3n) is 2.85. The van der Waals surface area contributed by atoms with Gasteiger partial charge in [-0.15, -0.1) is 0 Å². The van der Waals surface area contributed by atoms with Crippen LogP contribution in [0.4, 0.5) is 0 Å². The van der Waals surface area contributed by atoms with E-state index in [0.29, 0.717) is 0 Å². The topological polar surface area (TPSA) is 3.24 Å². The molecule has 0 aliphatic heterocycles. The molecule has 0 saturated carbocycles. The fourth-order valence-electron chi connectivity index (χ4n) is 1.87. The molecule has 0 N–H and O–H groups in total. The molecule has 0 heterocycles. The summed E-state index contributed by atoms with van der Waals surface area (Å²) in [5.41, 5.74) is 0. The first kappa shape index (κ1) is 14.5. The van der Waals surface area contributed by atoms with E-state index in [4.69, 9.17) is 0 Å². The third kappa shape index (κ3) is 6.07. The normalized spacial score (nSPS) is 11.6. The Bertz CT molecular complexity index is 105. The van der Waals surface area contributed by atoms with Crippen molar-refractivity contribution in [2.45, 2.75) is 63.9 Å². The standard InChI is InChI=1S/C12H28GeN/c1-5-9-11-13(12-10-6-2)14(7-3)8-4/h5-12H2,1-4H3. The van der Waals surface area contributed by atoms with Gasteiger partial charge in [0.2, 0.25) is 0 Å². The van der Waals surface area contributed by atoms with Gasteiger partial charge >= 0.3 is 95.4 Å². The summed E-state index contributed by atoms with van der Waals surface area (Å²) in [4.78, 5) is 0. The predicted molar refractivity (Wildman–Crippen MR) is 68.1 cm³/mol. The SMILES string of the molecule is CCC[CH2][Ge]([CH2]CCC)[N](CC)CC. The van der Waals surface area contributed by atoms with Crippen LogP contribution in [0.3, 0.4) is 0 Å². The monoisotopic (exact) mass is 260 g/mol. The van der Waals surface area contributed by atoms with E-state index in [2.05, 4.69) is 31.6 Å². The molecule has 0 aliphatic rings. The minimum atomic E-state index is -0.831. The predicted octanol–water partition coefficient (Wildman–Crippen LogP) is 3.92. The second kappa shape index (κ2) is 10.0. The first-order valence-electron chi connectivity index (χ1n) is 6.39. The Morgan fingerprint density at radius 2 is 1.21 bits per heavy atom. The van der Waals surface area contributed by atoms with E-state index in [0.717, 1.165) is 0 Å². The number of unbranched alkanes of at least 4 members (excludes halogenated alkanes) is 2. The van der Waals surface area contributed by atoms with Crippen LogP contribution in [0, 0.1) is 0 Å². The Morgan fingerprint density at radius 1 is 0.786 bits per heavy atom. The molecule has 1 radical (unpaired) electrons. The van der Waals surface area contributed by atoms with E-state index < -0.39 is 14.6 Å². The second-order valence-corrected chi connectivity index (χ2v) is 9.75. The Morgan fingerprint density at radius 3 is 1.50 bits per heavy atom. The van der Waals surface area contributed by atoms with Crippen molar-refractivity contribution in [3.05, 3.63) is 0 Å². The molecule has 0 saturated heterocycles. The fourth-order valence-corrected chi connectivity index (χ4v) is 8.80. The number of rotatable bonds is 9. The molecule has 14 heavy (non-hydrogen) atoms. The van der Waals surface area contributed by atoms with Crippen molar-refractivity contribution >= 4 is 14.6 Å². The molecule has 0 fully saturated rings. The average molecular weight is 259 g/mol. The molecule has 0 aromatic carbocycles. The van der Waals surface area contributed by atoms with Gasteiger partial charge in [-0.25, -0.2) is 0 Å². The second-order valence-electron chi connectivity index (χ2n) is 3.95. The van der Waals surface area contributed by atoms with Gasteiger partial charge in [-0.2, -0.15) is 0 Å². The molecular formula is C12H28GeN. The van der Waals surface area contributed by atoms with E-state index in [9.17, 15) is 0 Å². The van der Waals surface area contributed by atoms with Crippen LogP contribution >= 0.6 is 0 Å². The van der Waals surface area contributed by atoms with Crippen LogP contribution in [-0.2, 0) is 0 Å². The molecule has 0 unspecified atom stereocenters. The van der Waals surface area contributed by atoms with Gasteiger partial charge in [-0.05, 0) is 0 Å². The summed E-state index contributed by atoms with van der Waals surface area (Å²) in [6, 6.07) is 0. The summed E-state index contributed by atoms with van der Waals surface area (Å²) in [6.07, 6.45) is 5.69. The Hall–Kier alpha value is 0.503. The van der Waals surface area contributed by atoms with Gasteiger partial charge < -0.3 is 0 Å². The van der Waals surface area contributed by atoms with Gasteiger partial charge in [0.15, 0.2) is 0 Å². The quantitative estimate of drug-likeness (QED) is 0.567. The van der Waals surface area contributed by atoms with Crippen molar-refractivity contribution in [3.63, 3.8) is 0 Å². The number of hydrogen-bond donors (Lipinski definition) is 0. The van der Waals surface area contributed by atoms with Crippen LogP contribution in [-0.4, -0.2) is 31.5 Å². The van der Waals surface area contributed by atoms with Crippen LogP contribution in [0.1, 0.15) is 53.4 Å². The summed E-state index contributed by atoms with van der Waals surface area (Å²) in [5, 5.41) is 3.14. The summed E-state index contributed by atoms with van der Waals surface area (Å²) in [5.74, 6) is 0. The molecule has 0 atom stereocenters. The molecule has 0 bridgehead atoms. The van der Waals surface area contributed by atoms with Crippen molar-refractivity contribution in [1.82, 2.24) is 3.86 Å². The van der Waals surface area contributed by atoms with Gasteiger partial charge in [0.05, 0.1) is 0 Å². The number of hydrogen-bond acceptors (Lipinski definition) is 1. The molecule has 0 spiro atoms. The van der Waals surface area contributed by atoms with E-state index in [-0.39, 0.29) is 0 Å². The summed E-state index contributed by atoms with van der Waals surface area (Å²) < 4.78 is 2.80. The molecule has 2 heteroatoms. The van der Waals surface area contributed by atoms with Crippen LogP contribution in [0.2, 0.25) is 10.5 Å². The molecule has 0 aromatic heterocycles. The maximum absolute atomic E-state index is 2.80. The fraction of sp³-hybridized carbons (Fsp3) is 1.00. The van der Waals surface area contributed by atoms with E-state index >= 15 is 0 Å². The van der Waals surface area contributed by atoms with Crippen molar-refractivity contribution in [1.29, 1.82) is 0 Å². The van der Waals surface area contributed by atoms with Gasteiger partial charge in [0, 0.05) is 0 Å². The van der Waals surface area contributed by atoms with E-state index in [1.54, 1.807) is 10.5 Å². The van der Waals surface area contributed by atoms with Crippen molar-refractivity contribution in [2.24, 2.45) is 0 Å². The van der Waals surface area contributed by atoms with Gasteiger partial charge in [-0.3, -0.25) is 0 Å². The minimum absolute atomic E-state index is 0.831. The molecule has 85 valence electrons. The zero-order valence-electron chi connectivity index (χ0n) is 10.6. The zero-order chi connectivity index (χ0) is 10.8. The average Bonchev–Trinajstić information content (AvgIpc) is 2.22. The summed E-state index contributed by atoms with van der Waals surface area (Å²) in [7, 11) is 0. The van der Waals surface area contributed by atoms with Crippen LogP contribution in [0.5, 0.6) is 0 Å². The first-order chi connectivity index (χ1) is 6.79. The van der Waals surface area contributed by atoms with Gasteiger partial charge in [-0.1, -0.05) is 0 Å². The molecule has 0 aliphatic carbocycles. The van der Waals surface area contributed by atoms with E-state index in [1.807, 2.05) is 0 Å². The van der Waals surface area contributed by atoms with Crippen molar-refractivity contribution < 1.29 is 0 Å². The number of nitrogens with zero attached hydrogens (tertiary/aromatic N) is 1. The van der Waals surface area contributed by atoms with Crippen molar-refractivity contribution in [2.75, 3.05) is 13.1 Å². The van der Waals surface area contributed by atoms with Crippen LogP contribution in [0.25, 0.3) is 0 Å². The van der Waals surface area contributed by atoms with Gasteiger partial charge in [0.1, 0.15) is 0 Å². The third-order valence-corrected chi connectivity index (χ3v) is 9.96. The Labute approximate surface area is 95.6 Å². The maximum atomic E-state index is 2.80. The van der Waals surface area contributed by atoms with Crippen molar-refractivity contribution in [3.8, 4) is 0 Å². The molecule has 0 amide bonds. The Kier molecular flexibility index (Phi) is 10.4. The molecule has 0 rings (SSSR count). The molecule has 1 nitrogen and oxygen atoms in total. The summed E-state index contributed by atoms with van der Waals surface area (Å²) >= 11 is -0.831.